The molecule has 0 atom stereocenters. The molecule has 100 valence electrons. The average Bonchev–Trinajstić information content (AvgIpc) is 2.31. The first-order valence-electron chi connectivity index (χ1n) is 4.81. The van der Waals surface area contributed by atoms with Crippen molar-refractivity contribution in [2.24, 2.45) is 0 Å². The quantitative estimate of drug-likeness (QED) is 0.583. The minimum atomic E-state index is -3.29. The number of pyridine rings is 1. The van der Waals surface area contributed by atoms with Crippen LogP contribution in [0.4, 0.5) is 11.5 Å². The zero-order chi connectivity index (χ0) is 13.8. The van der Waals surface area contributed by atoms with Gasteiger partial charge in [0.15, 0.2) is 0 Å². The molecule has 0 bridgehead atoms. The zero-order valence-electron chi connectivity index (χ0n) is 9.38. The lowest BCUT2D eigenvalue weighted by Crippen LogP contribution is -2.26. The van der Waals surface area contributed by atoms with Crippen LogP contribution in [-0.2, 0) is 10.0 Å². The molecule has 0 fully saturated rings. The summed E-state index contributed by atoms with van der Waals surface area (Å²) in [5.41, 5.74) is -0.143. The number of hydrogen-bond donors (Lipinski definition) is 2. The largest absolute Gasteiger partial charge is 0.368 e. The van der Waals surface area contributed by atoms with Gasteiger partial charge in [0.05, 0.1) is 15.1 Å². The Hall–Kier alpha value is -1.26. The van der Waals surface area contributed by atoms with Gasteiger partial charge in [0.1, 0.15) is 12.0 Å². The second kappa shape index (κ2) is 6.07. The van der Waals surface area contributed by atoms with Crippen LogP contribution >= 0.6 is 15.9 Å². The van der Waals surface area contributed by atoms with E-state index in [4.69, 9.17) is 0 Å². The molecule has 10 heteroatoms. The second-order valence-electron chi connectivity index (χ2n) is 3.23. The number of halogens is 1. The minimum absolute atomic E-state index is 0.116. The highest BCUT2D eigenvalue weighted by Crippen LogP contribution is 2.24. The molecule has 1 heterocycles. The van der Waals surface area contributed by atoms with Gasteiger partial charge in [-0.2, -0.15) is 0 Å². The summed E-state index contributed by atoms with van der Waals surface area (Å²) in [6.07, 6.45) is 1.10. The number of sulfonamides is 1. The van der Waals surface area contributed by atoms with E-state index in [9.17, 15) is 18.5 Å². The molecule has 0 radical (unpaired) electrons. The van der Waals surface area contributed by atoms with Crippen molar-refractivity contribution in [2.45, 2.75) is 0 Å². The molecule has 0 saturated heterocycles. The van der Waals surface area contributed by atoms with Crippen molar-refractivity contribution in [2.75, 3.05) is 24.7 Å². The van der Waals surface area contributed by atoms with Crippen molar-refractivity contribution in [3.63, 3.8) is 0 Å². The molecule has 8 nitrogen and oxygen atoms in total. The van der Waals surface area contributed by atoms with Gasteiger partial charge in [0.2, 0.25) is 10.0 Å². The summed E-state index contributed by atoms with van der Waals surface area (Å²) >= 11 is 3.12. The fourth-order valence-corrected chi connectivity index (χ4v) is 2.12. The van der Waals surface area contributed by atoms with E-state index in [1.165, 1.54) is 13.1 Å². The van der Waals surface area contributed by atoms with Crippen LogP contribution in [0.1, 0.15) is 0 Å². The second-order valence-corrected chi connectivity index (χ2v) is 6.13. The maximum atomic E-state index is 11.1. The number of nitrogens with one attached hydrogen (secondary N) is 2. The molecular weight excluding hydrogens is 328 g/mol. The first-order valence-corrected chi connectivity index (χ1v) is 7.25. The molecule has 2 N–H and O–H groups in total. The summed E-state index contributed by atoms with van der Waals surface area (Å²) in [7, 11) is -1.96. The Morgan fingerprint density at radius 1 is 1.56 bits per heavy atom. The van der Waals surface area contributed by atoms with E-state index in [0.29, 0.717) is 10.3 Å². The molecule has 0 aliphatic heterocycles. The van der Waals surface area contributed by atoms with Gasteiger partial charge in [-0.15, -0.1) is 0 Å². The van der Waals surface area contributed by atoms with Crippen LogP contribution in [0.25, 0.3) is 0 Å². The molecule has 0 aliphatic carbocycles. The van der Waals surface area contributed by atoms with Crippen LogP contribution in [0.5, 0.6) is 0 Å². The topological polar surface area (TPSA) is 114 Å². The molecule has 0 aliphatic rings. The minimum Gasteiger partial charge on any atom is -0.368 e. The first-order chi connectivity index (χ1) is 8.35. The van der Waals surface area contributed by atoms with Crippen molar-refractivity contribution >= 4 is 37.5 Å². The molecule has 0 unspecified atom stereocenters. The molecule has 0 saturated carbocycles. The number of nitrogens with zero attached hydrogens (tertiary/aromatic N) is 2. The van der Waals surface area contributed by atoms with Gasteiger partial charge in [0.25, 0.3) is 5.69 Å². The Labute approximate surface area is 112 Å². The van der Waals surface area contributed by atoms with Crippen LogP contribution in [0.3, 0.4) is 0 Å². The average molecular weight is 339 g/mol. The van der Waals surface area contributed by atoms with Crippen molar-refractivity contribution in [1.29, 1.82) is 0 Å². The predicted octanol–water partition coefficient (Wildman–Crippen LogP) is 0.713. The van der Waals surface area contributed by atoms with Gasteiger partial charge in [-0.05, 0) is 23.0 Å². The van der Waals surface area contributed by atoms with Crippen LogP contribution < -0.4 is 10.0 Å². The van der Waals surface area contributed by atoms with Gasteiger partial charge in [-0.3, -0.25) is 10.1 Å². The van der Waals surface area contributed by atoms with E-state index >= 15 is 0 Å². The summed E-state index contributed by atoms with van der Waals surface area (Å²) < 4.78 is 24.9. The SMILES string of the molecule is CNS(=O)(=O)CCNc1ncc([N+](=O)[O-])cc1Br. The Kier molecular flexibility index (Phi) is 4.99. The normalized spacial score (nSPS) is 11.2. The summed E-state index contributed by atoms with van der Waals surface area (Å²) in [6.45, 7) is 0.145. The van der Waals surface area contributed by atoms with E-state index in [1.54, 1.807) is 0 Å². The van der Waals surface area contributed by atoms with E-state index in [2.05, 4.69) is 31.0 Å². The maximum Gasteiger partial charge on any atom is 0.288 e. The van der Waals surface area contributed by atoms with Crippen LogP contribution in [0.2, 0.25) is 0 Å². The highest BCUT2D eigenvalue weighted by Gasteiger charge is 2.11. The highest BCUT2D eigenvalue weighted by molar-refractivity contribution is 9.10. The third kappa shape index (κ3) is 4.20. The van der Waals surface area contributed by atoms with E-state index in [-0.39, 0.29) is 18.0 Å². The van der Waals surface area contributed by atoms with E-state index < -0.39 is 14.9 Å². The third-order valence-electron chi connectivity index (χ3n) is 2.01. The van der Waals surface area contributed by atoms with Crippen LogP contribution in [0, 0.1) is 10.1 Å². The fraction of sp³-hybridized carbons (Fsp3) is 0.375. The van der Waals surface area contributed by atoms with Crippen molar-refractivity contribution in [3.05, 3.63) is 26.9 Å². The summed E-state index contributed by atoms with van der Waals surface area (Å²) in [6, 6.07) is 1.29. The maximum absolute atomic E-state index is 11.1. The first kappa shape index (κ1) is 14.8. The Balaban J connectivity index is 2.67. The fourth-order valence-electron chi connectivity index (χ4n) is 1.06. The summed E-state index contributed by atoms with van der Waals surface area (Å²) in [5.74, 6) is 0.237. The standard InChI is InChI=1S/C8H11BrN4O4S/c1-10-18(16,17)3-2-11-8-7(9)4-6(5-12-8)13(14)15/h4-5,10H,2-3H2,1H3,(H,11,12). The predicted molar refractivity (Wildman–Crippen MR) is 69.9 cm³/mol. The Morgan fingerprint density at radius 3 is 2.72 bits per heavy atom. The number of anilines is 1. The third-order valence-corrected chi connectivity index (χ3v) is 3.98. The van der Waals surface area contributed by atoms with Crippen molar-refractivity contribution < 1.29 is 13.3 Å². The van der Waals surface area contributed by atoms with Crippen molar-refractivity contribution in [1.82, 2.24) is 9.71 Å². The highest BCUT2D eigenvalue weighted by atomic mass is 79.9. The zero-order valence-corrected chi connectivity index (χ0v) is 11.8. The molecule has 1 aromatic rings. The summed E-state index contributed by atoms with van der Waals surface area (Å²) in [4.78, 5) is 13.8. The van der Waals surface area contributed by atoms with Crippen LogP contribution in [-0.4, -0.2) is 37.7 Å². The molecule has 1 rings (SSSR count). The number of nitro groups is 1. The van der Waals surface area contributed by atoms with Gasteiger partial charge in [-0.1, -0.05) is 0 Å². The molecule has 0 aromatic carbocycles. The smallest absolute Gasteiger partial charge is 0.288 e. The number of aromatic nitrogens is 1. The monoisotopic (exact) mass is 338 g/mol. The summed E-state index contributed by atoms with van der Waals surface area (Å²) in [5, 5.41) is 13.3. The molecule has 18 heavy (non-hydrogen) atoms. The van der Waals surface area contributed by atoms with Gasteiger partial charge in [-0.25, -0.2) is 18.1 Å². The lowest BCUT2D eigenvalue weighted by molar-refractivity contribution is -0.385. The van der Waals surface area contributed by atoms with Crippen molar-refractivity contribution in [3.8, 4) is 0 Å². The molecule has 1 aromatic heterocycles. The Bertz CT molecular complexity index is 548. The van der Waals surface area contributed by atoms with Crippen LogP contribution in [0.15, 0.2) is 16.7 Å². The van der Waals surface area contributed by atoms with Gasteiger partial charge in [0, 0.05) is 12.6 Å². The Morgan fingerprint density at radius 2 is 2.22 bits per heavy atom. The number of hydrogen-bond acceptors (Lipinski definition) is 6. The molecule has 0 amide bonds. The van der Waals surface area contributed by atoms with E-state index in [1.807, 2.05) is 0 Å². The van der Waals surface area contributed by atoms with Gasteiger partial charge < -0.3 is 5.32 Å². The molecule has 0 spiro atoms. The molecular formula is C8H11BrN4O4S. The lowest BCUT2D eigenvalue weighted by Gasteiger charge is -2.07. The van der Waals surface area contributed by atoms with E-state index in [0.717, 1.165) is 6.20 Å². The lowest BCUT2D eigenvalue weighted by atomic mass is 10.4. The number of rotatable bonds is 6. The van der Waals surface area contributed by atoms with Gasteiger partial charge >= 0.3 is 0 Å².